The van der Waals surface area contributed by atoms with Gasteiger partial charge in [-0.15, -0.1) is 0 Å². The predicted molar refractivity (Wildman–Crippen MR) is 61.7 cm³/mol. The number of nitrogens with zero attached hydrogens (tertiary/aromatic N) is 4. The summed E-state index contributed by atoms with van der Waals surface area (Å²) in [4.78, 5) is 8.45. The molecule has 0 N–H and O–H groups in total. The highest BCUT2D eigenvalue weighted by Crippen LogP contribution is 2.20. The normalized spacial score (nSPS) is 18.6. The van der Waals surface area contributed by atoms with Gasteiger partial charge in [0.15, 0.2) is 11.6 Å². The lowest BCUT2D eigenvalue weighted by molar-refractivity contribution is 0.359. The van der Waals surface area contributed by atoms with Crippen molar-refractivity contribution in [3.8, 4) is 0 Å². The zero-order valence-corrected chi connectivity index (χ0v) is 10.2. The van der Waals surface area contributed by atoms with Crippen LogP contribution < -0.4 is 0 Å². The van der Waals surface area contributed by atoms with Gasteiger partial charge >= 0.3 is 0 Å². The first-order chi connectivity index (χ1) is 8.79. The van der Waals surface area contributed by atoms with Crippen molar-refractivity contribution in [2.24, 2.45) is 5.92 Å². The fourth-order valence-corrected chi connectivity index (χ4v) is 2.09. The number of hydrogen-bond acceptors (Lipinski definition) is 6. The average Bonchev–Trinajstić information content (AvgIpc) is 3.04. The van der Waals surface area contributed by atoms with Crippen LogP contribution in [-0.4, -0.2) is 20.3 Å². The summed E-state index contributed by atoms with van der Waals surface area (Å²) >= 11 is 0. The summed E-state index contributed by atoms with van der Waals surface area (Å²) in [5.41, 5.74) is 0. The van der Waals surface area contributed by atoms with Gasteiger partial charge in [-0.2, -0.15) is 9.97 Å². The van der Waals surface area contributed by atoms with Crippen LogP contribution in [0, 0.1) is 12.8 Å². The van der Waals surface area contributed by atoms with Crippen LogP contribution in [0.3, 0.4) is 0 Å². The van der Waals surface area contributed by atoms with Gasteiger partial charge < -0.3 is 9.05 Å². The largest absolute Gasteiger partial charge is 0.340 e. The van der Waals surface area contributed by atoms with Gasteiger partial charge in [-0.05, 0) is 18.8 Å². The maximum absolute atomic E-state index is 5.22. The third-order valence-electron chi connectivity index (χ3n) is 2.95. The van der Waals surface area contributed by atoms with Crippen LogP contribution in [0.5, 0.6) is 0 Å². The molecule has 0 radical (unpaired) electrons. The number of aryl methyl sites for hydroxylation is 1. The van der Waals surface area contributed by atoms with E-state index in [-0.39, 0.29) is 0 Å². The van der Waals surface area contributed by atoms with Gasteiger partial charge in [0.1, 0.15) is 0 Å². The van der Waals surface area contributed by atoms with E-state index < -0.39 is 0 Å². The minimum atomic E-state index is 0.446. The lowest BCUT2D eigenvalue weighted by Gasteiger charge is -2.00. The van der Waals surface area contributed by atoms with Crippen molar-refractivity contribution in [1.29, 1.82) is 0 Å². The van der Waals surface area contributed by atoms with Crippen molar-refractivity contribution in [2.75, 3.05) is 0 Å². The smallest absolute Gasteiger partial charge is 0.227 e. The molecule has 0 saturated carbocycles. The first kappa shape index (κ1) is 11.1. The molecule has 0 bridgehead atoms. The fraction of sp³-hybridized carbons (Fsp3) is 0.500. The Morgan fingerprint density at radius 1 is 1.22 bits per heavy atom. The second-order valence-electron chi connectivity index (χ2n) is 4.48. The van der Waals surface area contributed by atoms with E-state index in [2.05, 4.69) is 32.4 Å². The van der Waals surface area contributed by atoms with E-state index in [0.29, 0.717) is 35.8 Å². The third kappa shape index (κ3) is 2.47. The van der Waals surface area contributed by atoms with Crippen LogP contribution in [0.25, 0.3) is 0 Å². The van der Waals surface area contributed by atoms with Gasteiger partial charge in [0.05, 0.1) is 6.42 Å². The Morgan fingerprint density at radius 3 is 2.78 bits per heavy atom. The van der Waals surface area contributed by atoms with E-state index >= 15 is 0 Å². The molecule has 18 heavy (non-hydrogen) atoms. The number of rotatable bonds is 4. The summed E-state index contributed by atoms with van der Waals surface area (Å²) in [5.74, 6) is 2.95. The number of allylic oxidation sites excluding steroid dienone is 2. The Labute approximate surface area is 104 Å². The van der Waals surface area contributed by atoms with Crippen molar-refractivity contribution in [3.63, 3.8) is 0 Å². The first-order valence-electron chi connectivity index (χ1n) is 6.07. The lowest BCUT2D eigenvalue weighted by atomic mass is 10.1. The summed E-state index contributed by atoms with van der Waals surface area (Å²) in [7, 11) is 0. The molecule has 2 aromatic rings. The highest BCUT2D eigenvalue weighted by molar-refractivity contribution is 5.02. The molecule has 1 atom stereocenters. The SMILES string of the molecule is Cc1nc(Cc2noc(CC3C=CCC3)n2)no1. The summed E-state index contributed by atoms with van der Waals surface area (Å²) in [6, 6.07) is 0. The average molecular weight is 246 g/mol. The Balaban J connectivity index is 1.64. The van der Waals surface area contributed by atoms with E-state index in [0.717, 1.165) is 12.8 Å². The second-order valence-corrected chi connectivity index (χ2v) is 4.48. The third-order valence-corrected chi connectivity index (χ3v) is 2.95. The molecule has 1 aliphatic rings. The molecule has 0 aromatic carbocycles. The molecule has 6 heteroatoms. The van der Waals surface area contributed by atoms with Crippen LogP contribution in [0.15, 0.2) is 21.2 Å². The van der Waals surface area contributed by atoms with Crippen LogP contribution in [0.2, 0.25) is 0 Å². The van der Waals surface area contributed by atoms with E-state index in [1.165, 1.54) is 6.42 Å². The van der Waals surface area contributed by atoms with Gasteiger partial charge in [0.2, 0.25) is 11.8 Å². The molecule has 3 rings (SSSR count). The highest BCUT2D eigenvalue weighted by Gasteiger charge is 2.16. The monoisotopic (exact) mass is 246 g/mol. The van der Waals surface area contributed by atoms with Crippen molar-refractivity contribution in [1.82, 2.24) is 20.3 Å². The molecule has 0 saturated heterocycles. The minimum absolute atomic E-state index is 0.446. The van der Waals surface area contributed by atoms with Crippen molar-refractivity contribution in [2.45, 2.75) is 32.6 Å². The minimum Gasteiger partial charge on any atom is -0.340 e. The molecule has 1 unspecified atom stereocenters. The van der Waals surface area contributed by atoms with Crippen molar-refractivity contribution >= 4 is 0 Å². The molecule has 2 aromatic heterocycles. The summed E-state index contributed by atoms with van der Waals surface area (Å²) in [5, 5.41) is 7.74. The molecule has 0 aliphatic heterocycles. The second kappa shape index (κ2) is 4.72. The Hall–Kier alpha value is -1.98. The van der Waals surface area contributed by atoms with Crippen molar-refractivity contribution < 1.29 is 9.05 Å². The fourth-order valence-electron chi connectivity index (χ4n) is 2.09. The topological polar surface area (TPSA) is 77.8 Å². The first-order valence-corrected chi connectivity index (χ1v) is 6.07. The Bertz CT molecular complexity index is 558. The molecule has 2 heterocycles. The van der Waals surface area contributed by atoms with Gasteiger partial charge in [0, 0.05) is 13.3 Å². The maximum Gasteiger partial charge on any atom is 0.227 e. The molecule has 94 valence electrons. The lowest BCUT2D eigenvalue weighted by Crippen LogP contribution is -1.98. The zero-order valence-electron chi connectivity index (χ0n) is 10.2. The predicted octanol–water partition coefficient (Wildman–Crippen LogP) is 1.86. The molecular weight excluding hydrogens is 232 g/mol. The molecular formula is C12H14N4O2. The highest BCUT2D eigenvalue weighted by atomic mass is 16.5. The standard InChI is InChI=1S/C12H14N4O2/c1-8-13-10(15-17-8)7-11-14-12(18-16-11)6-9-4-2-3-5-9/h2,4,9H,3,5-7H2,1H3. The zero-order chi connectivity index (χ0) is 12.4. The van der Waals surface area contributed by atoms with Crippen LogP contribution in [-0.2, 0) is 12.8 Å². The molecule has 1 aliphatic carbocycles. The molecule has 0 spiro atoms. The van der Waals surface area contributed by atoms with Crippen LogP contribution in [0.1, 0.15) is 36.3 Å². The van der Waals surface area contributed by atoms with Gasteiger partial charge in [-0.3, -0.25) is 0 Å². The van der Waals surface area contributed by atoms with E-state index in [9.17, 15) is 0 Å². The Kier molecular flexibility index (Phi) is 2.92. The molecule has 0 amide bonds. The van der Waals surface area contributed by atoms with Gasteiger partial charge in [0.25, 0.3) is 0 Å². The summed E-state index contributed by atoms with van der Waals surface area (Å²) in [6.07, 6.45) is 7.99. The van der Waals surface area contributed by atoms with Crippen LogP contribution in [0.4, 0.5) is 0 Å². The quantitative estimate of drug-likeness (QED) is 0.766. The number of hydrogen-bond donors (Lipinski definition) is 0. The summed E-state index contributed by atoms with van der Waals surface area (Å²) < 4.78 is 10.1. The van der Waals surface area contributed by atoms with Crippen LogP contribution >= 0.6 is 0 Å². The van der Waals surface area contributed by atoms with Gasteiger partial charge in [-0.25, -0.2) is 0 Å². The molecule has 6 nitrogen and oxygen atoms in total. The maximum atomic E-state index is 5.22. The van der Waals surface area contributed by atoms with E-state index in [1.807, 2.05) is 0 Å². The van der Waals surface area contributed by atoms with E-state index in [1.54, 1.807) is 6.92 Å². The van der Waals surface area contributed by atoms with E-state index in [4.69, 9.17) is 9.05 Å². The summed E-state index contributed by atoms with van der Waals surface area (Å²) in [6.45, 7) is 1.75. The molecule has 0 fully saturated rings. The van der Waals surface area contributed by atoms with Crippen molar-refractivity contribution in [3.05, 3.63) is 35.6 Å². The Morgan fingerprint density at radius 2 is 2.06 bits per heavy atom. The van der Waals surface area contributed by atoms with Gasteiger partial charge in [-0.1, -0.05) is 22.5 Å². The number of aromatic nitrogens is 4.